The fraction of sp³-hybridized carbons (Fsp3) is 0.179. The Morgan fingerprint density at radius 1 is 0.886 bits per heavy atom. The Labute approximate surface area is 208 Å². The molecule has 1 amide bonds. The molecule has 0 atom stereocenters. The van der Waals surface area contributed by atoms with Crippen LogP contribution >= 0.6 is 11.8 Å². The lowest BCUT2D eigenvalue weighted by molar-refractivity contribution is -0.113. The van der Waals surface area contributed by atoms with E-state index >= 15 is 0 Å². The van der Waals surface area contributed by atoms with Crippen molar-refractivity contribution in [3.05, 3.63) is 100 Å². The average Bonchev–Trinajstić information content (AvgIpc) is 3.26. The third-order valence-corrected chi connectivity index (χ3v) is 7.06. The van der Waals surface area contributed by atoms with Gasteiger partial charge in [0.1, 0.15) is 5.75 Å². The summed E-state index contributed by atoms with van der Waals surface area (Å²) in [4.78, 5) is 34.2. The Bertz CT molecular complexity index is 1290. The van der Waals surface area contributed by atoms with Crippen LogP contribution < -0.4 is 9.64 Å². The lowest BCUT2D eigenvalue weighted by Gasteiger charge is -2.37. The summed E-state index contributed by atoms with van der Waals surface area (Å²) in [7, 11) is 0. The van der Waals surface area contributed by atoms with E-state index in [4.69, 9.17) is 4.74 Å². The molecule has 2 heterocycles. The van der Waals surface area contributed by atoms with Crippen molar-refractivity contribution in [1.82, 2.24) is 4.90 Å². The molecule has 0 aliphatic carbocycles. The second-order valence-corrected chi connectivity index (χ2v) is 9.40. The minimum absolute atomic E-state index is 0.217. The normalized spacial score (nSPS) is 17.0. The maximum Gasteiger partial charge on any atom is 0.343 e. The molecular formula is C28H25N3O3S. The van der Waals surface area contributed by atoms with Gasteiger partial charge in [0.15, 0.2) is 5.17 Å². The minimum atomic E-state index is -0.404. The fourth-order valence-electron chi connectivity index (χ4n) is 4.11. The van der Waals surface area contributed by atoms with E-state index in [1.54, 1.807) is 36.4 Å². The molecule has 176 valence electrons. The number of thioether (sulfide) groups is 1. The van der Waals surface area contributed by atoms with Gasteiger partial charge in [-0.25, -0.2) is 4.79 Å². The van der Waals surface area contributed by atoms with Gasteiger partial charge in [-0.05, 0) is 66.2 Å². The fourth-order valence-corrected chi connectivity index (χ4v) is 5.08. The highest BCUT2D eigenvalue weighted by Crippen LogP contribution is 2.31. The number of aryl methyl sites for hydroxylation is 1. The van der Waals surface area contributed by atoms with Crippen LogP contribution in [0.4, 0.5) is 5.69 Å². The first-order valence-corrected chi connectivity index (χ1v) is 12.3. The van der Waals surface area contributed by atoms with Crippen molar-refractivity contribution in [1.29, 1.82) is 0 Å². The number of nitrogens with zero attached hydrogens (tertiary/aromatic N) is 3. The number of esters is 1. The van der Waals surface area contributed by atoms with E-state index in [-0.39, 0.29) is 5.91 Å². The second-order valence-electron chi connectivity index (χ2n) is 8.40. The number of anilines is 1. The van der Waals surface area contributed by atoms with Gasteiger partial charge in [-0.1, -0.05) is 48.5 Å². The van der Waals surface area contributed by atoms with Crippen molar-refractivity contribution in [2.45, 2.75) is 6.92 Å². The first kappa shape index (κ1) is 22.9. The van der Waals surface area contributed by atoms with Crippen molar-refractivity contribution in [2.75, 3.05) is 31.1 Å². The van der Waals surface area contributed by atoms with Crippen molar-refractivity contribution < 1.29 is 14.3 Å². The Morgan fingerprint density at radius 2 is 1.54 bits per heavy atom. The summed E-state index contributed by atoms with van der Waals surface area (Å²) in [6.45, 7) is 5.56. The SMILES string of the molecule is Cc1ccccc1N1CCN(C2=NC(=O)C(=Cc3ccc(OC(=O)c4ccccc4)cc3)S2)CC1. The number of para-hydroxylation sites is 1. The monoisotopic (exact) mass is 483 g/mol. The number of carbonyl (C=O) groups is 2. The molecule has 5 rings (SSSR count). The van der Waals surface area contributed by atoms with Gasteiger partial charge in [0.2, 0.25) is 0 Å². The molecule has 1 fully saturated rings. The molecule has 0 unspecified atom stereocenters. The number of piperazine rings is 1. The number of benzene rings is 3. The van der Waals surface area contributed by atoms with Crippen molar-refractivity contribution in [3.63, 3.8) is 0 Å². The predicted molar refractivity (Wildman–Crippen MR) is 141 cm³/mol. The summed E-state index contributed by atoms with van der Waals surface area (Å²) in [5.41, 5.74) is 3.88. The van der Waals surface area contributed by atoms with Crippen molar-refractivity contribution in [2.24, 2.45) is 4.99 Å². The van der Waals surface area contributed by atoms with Crippen molar-refractivity contribution in [3.8, 4) is 5.75 Å². The van der Waals surface area contributed by atoms with Gasteiger partial charge in [0.25, 0.3) is 5.91 Å². The second kappa shape index (κ2) is 10.2. The summed E-state index contributed by atoms with van der Waals surface area (Å²) in [6, 6.07) is 24.4. The Morgan fingerprint density at radius 3 is 2.26 bits per heavy atom. The van der Waals surface area contributed by atoms with Gasteiger partial charge in [-0.15, -0.1) is 0 Å². The van der Waals surface area contributed by atoms with Gasteiger partial charge in [0.05, 0.1) is 10.5 Å². The van der Waals surface area contributed by atoms with Crippen LogP contribution in [0.1, 0.15) is 21.5 Å². The van der Waals surface area contributed by atoms with Crippen molar-refractivity contribution >= 4 is 40.6 Å². The third kappa shape index (κ3) is 5.30. The number of carbonyl (C=O) groups excluding carboxylic acids is 2. The number of ether oxygens (including phenoxy) is 1. The van der Waals surface area contributed by atoms with E-state index in [1.807, 2.05) is 24.3 Å². The predicted octanol–water partition coefficient (Wildman–Crippen LogP) is 5.01. The Balaban J connectivity index is 1.18. The van der Waals surface area contributed by atoms with E-state index < -0.39 is 5.97 Å². The summed E-state index contributed by atoms with van der Waals surface area (Å²) in [6.07, 6.45) is 1.83. The molecule has 0 saturated carbocycles. The quantitative estimate of drug-likeness (QED) is 0.295. The van der Waals surface area contributed by atoms with Gasteiger partial charge in [-0.2, -0.15) is 4.99 Å². The van der Waals surface area contributed by atoms with Crippen LogP contribution in [0.25, 0.3) is 6.08 Å². The largest absolute Gasteiger partial charge is 0.423 e. The van der Waals surface area contributed by atoms with Crippen LogP contribution in [-0.4, -0.2) is 48.1 Å². The summed E-state index contributed by atoms with van der Waals surface area (Å²) >= 11 is 1.42. The molecule has 0 bridgehead atoms. The van der Waals surface area contributed by atoms with Crippen LogP contribution in [0, 0.1) is 6.92 Å². The average molecular weight is 484 g/mol. The van der Waals surface area contributed by atoms with E-state index in [0.717, 1.165) is 36.9 Å². The minimum Gasteiger partial charge on any atom is -0.423 e. The molecule has 0 spiro atoms. The molecule has 2 aliphatic heterocycles. The lowest BCUT2D eigenvalue weighted by Crippen LogP contribution is -2.48. The number of hydrogen-bond donors (Lipinski definition) is 0. The van der Waals surface area contributed by atoms with E-state index in [9.17, 15) is 9.59 Å². The highest BCUT2D eigenvalue weighted by Gasteiger charge is 2.28. The zero-order valence-electron chi connectivity index (χ0n) is 19.4. The number of amidine groups is 1. The van der Waals surface area contributed by atoms with Crippen LogP contribution in [0.3, 0.4) is 0 Å². The Hall–Kier alpha value is -3.84. The maximum atomic E-state index is 12.5. The first-order valence-electron chi connectivity index (χ1n) is 11.5. The van der Waals surface area contributed by atoms with Crippen LogP contribution in [0.15, 0.2) is 88.8 Å². The molecule has 35 heavy (non-hydrogen) atoms. The molecule has 0 radical (unpaired) electrons. The van der Waals surface area contributed by atoms with Crippen LogP contribution in [0.5, 0.6) is 5.75 Å². The van der Waals surface area contributed by atoms with Crippen LogP contribution in [-0.2, 0) is 4.79 Å². The summed E-state index contributed by atoms with van der Waals surface area (Å²) in [5.74, 6) is -0.167. The molecule has 3 aromatic rings. The van der Waals surface area contributed by atoms with E-state index in [2.05, 4.69) is 46.0 Å². The maximum absolute atomic E-state index is 12.5. The molecule has 1 saturated heterocycles. The summed E-state index contributed by atoms with van der Waals surface area (Å²) in [5, 5.41) is 0.763. The van der Waals surface area contributed by atoms with Gasteiger partial charge in [0, 0.05) is 31.9 Å². The first-order chi connectivity index (χ1) is 17.1. The number of amides is 1. The molecule has 7 heteroatoms. The third-order valence-electron chi connectivity index (χ3n) is 6.01. The molecule has 6 nitrogen and oxygen atoms in total. The zero-order chi connectivity index (χ0) is 24.2. The number of hydrogen-bond acceptors (Lipinski definition) is 6. The Kier molecular flexibility index (Phi) is 6.68. The molecule has 0 aromatic heterocycles. The van der Waals surface area contributed by atoms with Gasteiger partial charge < -0.3 is 14.5 Å². The number of rotatable bonds is 4. The van der Waals surface area contributed by atoms with Gasteiger partial charge in [-0.3, -0.25) is 4.79 Å². The standard InChI is InChI=1S/C28H25N3O3S/c1-20-7-5-6-10-24(20)30-15-17-31(18-16-30)28-29-26(32)25(35-28)19-21-11-13-23(14-12-21)34-27(33)22-8-3-2-4-9-22/h2-14,19H,15-18H2,1H3. The molecule has 2 aliphatic rings. The highest BCUT2D eigenvalue weighted by atomic mass is 32.2. The topological polar surface area (TPSA) is 62.2 Å². The van der Waals surface area contributed by atoms with E-state index in [0.29, 0.717) is 16.2 Å². The van der Waals surface area contributed by atoms with Crippen LogP contribution in [0.2, 0.25) is 0 Å². The smallest absolute Gasteiger partial charge is 0.343 e. The molecule has 3 aromatic carbocycles. The molecular weight excluding hydrogens is 458 g/mol. The lowest BCUT2D eigenvalue weighted by atomic mass is 10.1. The summed E-state index contributed by atoms with van der Waals surface area (Å²) < 4.78 is 5.43. The van der Waals surface area contributed by atoms with Gasteiger partial charge >= 0.3 is 5.97 Å². The number of aliphatic imine (C=N–C) groups is 1. The van der Waals surface area contributed by atoms with E-state index in [1.165, 1.54) is 23.0 Å². The zero-order valence-corrected chi connectivity index (χ0v) is 20.2. The molecule has 0 N–H and O–H groups in total. The highest BCUT2D eigenvalue weighted by molar-refractivity contribution is 8.18.